The molecule has 1 heterocycles. The van der Waals surface area contributed by atoms with Crippen molar-refractivity contribution in [2.45, 2.75) is 37.9 Å². The Bertz CT molecular complexity index is 1160. The van der Waals surface area contributed by atoms with Gasteiger partial charge in [0, 0.05) is 0 Å². The Labute approximate surface area is 227 Å². The fourth-order valence-electron chi connectivity index (χ4n) is 4.08. The summed E-state index contributed by atoms with van der Waals surface area (Å²) >= 11 is -0.574. The monoisotopic (exact) mass is 620 g/mol. The molecule has 37 heavy (non-hydrogen) atoms. The van der Waals surface area contributed by atoms with Gasteiger partial charge in [-0.15, -0.1) is 0 Å². The first-order valence-corrected chi connectivity index (χ1v) is 15.1. The molecule has 10 heteroatoms. The van der Waals surface area contributed by atoms with Crippen LogP contribution in [0, 0.1) is 5.82 Å². The predicted octanol–water partition coefficient (Wildman–Crippen LogP) is -0.556. The molecule has 0 aromatic heterocycles. The van der Waals surface area contributed by atoms with Gasteiger partial charge in [-0.1, -0.05) is 0 Å². The van der Waals surface area contributed by atoms with Gasteiger partial charge < -0.3 is 0 Å². The number of benzene rings is 2. The van der Waals surface area contributed by atoms with Gasteiger partial charge in [-0.3, -0.25) is 0 Å². The molecule has 0 aliphatic carbocycles. The summed E-state index contributed by atoms with van der Waals surface area (Å²) in [7, 11) is 1.64. The second-order valence-electron chi connectivity index (χ2n) is 8.56. The van der Waals surface area contributed by atoms with Crippen LogP contribution in [0.5, 0.6) is 0 Å². The predicted molar refractivity (Wildman–Crippen MR) is 138 cm³/mol. The van der Waals surface area contributed by atoms with E-state index in [-0.39, 0.29) is 11.8 Å². The van der Waals surface area contributed by atoms with Crippen molar-refractivity contribution in [2.75, 3.05) is 18.5 Å². The number of hydrogen-bond acceptors (Lipinski definition) is 5. The van der Waals surface area contributed by atoms with Gasteiger partial charge in [-0.05, 0) is 0 Å². The number of amides is 3. The van der Waals surface area contributed by atoms with Gasteiger partial charge in [0.05, 0.1) is 0 Å². The van der Waals surface area contributed by atoms with Gasteiger partial charge in [-0.2, -0.15) is 0 Å². The van der Waals surface area contributed by atoms with Crippen molar-refractivity contribution in [3.05, 3.63) is 75.2 Å². The van der Waals surface area contributed by atoms with Crippen molar-refractivity contribution >= 4 is 30.1 Å². The molecule has 8 nitrogen and oxygen atoms in total. The van der Waals surface area contributed by atoms with Gasteiger partial charge in [0.25, 0.3) is 0 Å². The van der Waals surface area contributed by atoms with E-state index in [1.807, 2.05) is 35.3 Å². The molecule has 0 saturated carbocycles. The zero-order chi connectivity index (χ0) is 26.9. The Balaban J connectivity index is 1.87. The average molecular weight is 620 g/mol. The number of nitrogens with one attached hydrogen (secondary N) is 3. The summed E-state index contributed by atoms with van der Waals surface area (Å²) in [6.45, 7) is 5.73. The van der Waals surface area contributed by atoms with Crippen molar-refractivity contribution in [3.63, 3.8) is 0 Å². The number of likely N-dealkylation sites (N-methyl/N-ethyl adjacent to an activating group) is 1. The number of rotatable bonds is 10. The third-order valence-electron chi connectivity index (χ3n) is 6.24. The molecule has 3 N–H and O–H groups in total. The molecule has 0 bridgehead atoms. The number of carbonyl (C=O) groups excluding carboxylic acids is 3. The molecule has 0 unspecified atom stereocenters. The Kier molecular flexibility index (Phi) is 10.3. The van der Waals surface area contributed by atoms with E-state index in [0.717, 1.165) is 9.27 Å². The minimum atomic E-state index is -1.05. The van der Waals surface area contributed by atoms with Gasteiger partial charge in [0.2, 0.25) is 0 Å². The van der Waals surface area contributed by atoms with Crippen LogP contribution in [-0.4, -0.2) is 59.9 Å². The summed E-state index contributed by atoms with van der Waals surface area (Å²) in [5, 5.41) is 8.63. The number of nitrogens with zero attached hydrogens (tertiary/aromatic N) is 2. The van der Waals surface area contributed by atoms with Gasteiger partial charge in [0.1, 0.15) is 0 Å². The molecular weight excluding hydrogens is 588 g/mol. The van der Waals surface area contributed by atoms with E-state index < -0.39 is 51.1 Å². The summed E-state index contributed by atoms with van der Waals surface area (Å²) < 4.78 is 14.3. The van der Waals surface area contributed by atoms with E-state index in [1.54, 1.807) is 14.0 Å². The first kappa shape index (κ1) is 28.5. The number of likely N-dealkylation sites (tertiary alicyclic amines) is 1. The molecule has 1 aliphatic rings. The van der Waals surface area contributed by atoms with Crippen molar-refractivity contribution in [1.82, 2.24) is 20.9 Å². The molecule has 3 atom stereocenters. The molecule has 1 fully saturated rings. The van der Waals surface area contributed by atoms with Crippen molar-refractivity contribution in [1.29, 1.82) is 0 Å². The van der Waals surface area contributed by atoms with E-state index in [2.05, 4.69) is 27.7 Å². The zero-order valence-electron chi connectivity index (χ0n) is 21.1. The summed E-state index contributed by atoms with van der Waals surface area (Å²) in [5.74, 6) is -1.54. The van der Waals surface area contributed by atoms with E-state index in [1.165, 1.54) is 29.2 Å². The fraction of sp³-hybridized carbons (Fsp3) is 0.333. The first-order valence-electron chi connectivity index (χ1n) is 11.9. The van der Waals surface area contributed by atoms with Crippen LogP contribution in [-0.2, 0) is 14.4 Å². The third kappa shape index (κ3) is 7.01. The van der Waals surface area contributed by atoms with E-state index in [0.29, 0.717) is 30.6 Å². The maximum atomic E-state index is 13.7. The van der Waals surface area contributed by atoms with Crippen LogP contribution in [0.2, 0.25) is 0 Å². The van der Waals surface area contributed by atoms with Crippen molar-refractivity contribution < 1.29 is 40.0 Å². The zero-order valence-corrected chi connectivity index (χ0v) is 23.3. The molecule has 3 rings (SSSR count). The minimum absolute atomic E-state index is 0.299. The number of aliphatic imine (C=N–C) groups is 1. The summed E-state index contributed by atoms with van der Waals surface area (Å²) in [6.07, 6.45) is 1.14. The molecular formula is C27H32FIN5O3-. The topological polar surface area (TPSA) is 103 Å². The summed E-state index contributed by atoms with van der Waals surface area (Å²) in [4.78, 5) is 47.5. The number of halogens is 2. The van der Waals surface area contributed by atoms with Crippen molar-refractivity contribution in [3.8, 4) is 0 Å². The van der Waals surface area contributed by atoms with Gasteiger partial charge in [0.15, 0.2) is 0 Å². The van der Waals surface area contributed by atoms with Gasteiger partial charge in [-0.25, -0.2) is 0 Å². The second-order valence-corrected chi connectivity index (χ2v) is 10.7. The van der Waals surface area contributed by atoms with Crippen LogP contribution in [0.3, 0.4) is 0 Å². The van der Waals surface area contributed by atoms with Crippen molar-refractivity contribution in [2.24, 2.45) is 4.99 Å². The molecule has 1 saturated heterocycles. The summed E-state index contributed by atoms with van der Waals surface area (Å²) in [5.41, 5.74) is 1.92. The number of hydrogen-bond donors (Lipinski definition) is 3. The molecule has 1 aliphatic heterocycles. The van der Waals surface area contributed by atoms with Crippen LogP contribution >= 0.6 is 0 Å². The van der Waals surface area contributed by atoms with E-state index >= 15 is 0 Å². The Hall–Kier alpha value is -3.12. The van der Waals surface area contributed by atoms with Crippen LogP contribution in [0.15, 0.2) is 63.3 Å². The third-order valence-corrected chi connectivity index (χ3v) is 8.10. The van der Waals surface area contributed by atoms with E-state index in [4.69, 9.17) is 0 Å². The Morgan fingerprint density at radius 2 is 1.81 bits per heavy atom. The van der Waals surface area contributed by atoms with Crippen LogP contribution in [0.25, 0.3) is 5.70 Å². The normalized spacial score (nSPS) is 17.5. The van der Waals surface area contributed by atoms with Crippen LogP contribution in [0.4, 0.5) is 4.39 Å². The van der Waals surface area contributed by atoms with Crippen LogP contribution < -0.4 is 37.2 Å². The van der Waals surface area contributed by atoms with E-state index in [9.17, 15) is 18.8 Å². The Morgan fingerprint density at radius 1 is 1.14 bits per heavy atom. The molecule has 3 amide bonds. The van der Waals surface area contributed by atoms with Gasteiger partial charge >= 0.3 is 228 Å². The first-order chi connectivity index (χ1) is 17.8. The number of alkyl halides is 1. The molecule has 0 radical (unpaired) electrons. The second kappa shape index (κ2) is 13.4. The molecule has 198 valence electrons. The maximum absolute atomic E-state index is 13.7. The molecule has 0 spiro atoms. The summed E-state index contributed by atoms with van der Waals surface area (Å²) in [6, 6.07) is 12.6. The molecule has 2 aromatic carbocycles. The number of carbonyl (C=O) groups is 3. The fourth-order valence-corrected chi connectivity index (χ4v) is 5.61. The molecule has 2 aromatic rings. The Morgan fingerprint density at radius 3 is 2.41 bits per heavy atom. The average Bonchev–Trinajstić information content (AvgIpc) is 3.42. The van der Waals surface area contributed by atoms with Crippen LogP contribution in [0.1, 0.15) is 36.9 Å². The quantitative estimate of drug-likeness (QED) is 0.144. The standard InChI is InChI=1S/C27H32FIN5O3/c1-17(30-3)25(35)32-23(19-12-14-20(28)15-13-19)27(37)34-16-8-11-21(34)26(36)33-24(29-2)22(31-4)18-9-6-5-7-10-18/h5-7,9-10,12-15,17,21,23,30H,4,8,11,16H2,1-3H3,(H,32,35)(H,33,36)/q-1/b24-22+/t17-,21-,23-/m0/s1. The SMILES string of the molecule is C=N/C(=C(/NC(=O)[C@@H]1CCCN1C(=O)[C@@H](NC(=O)[C@H](C)NC)c1ccc(F)cc1)[I-]C)c1ccccc1.